The number of allylic oxidation sites excluding steroid dienone is 1. The number of nitrogens with zero attached hydrogens (tertiary/aromatic N) is 1. The molecule has 0 spiro atoms. The zero-order chi connectivity index (χ0) is 7.28. The molecule has 1 N–H and O–H groups in total. The zero-order valence-electron chi connectivity index (χ0n) is 5.94. The minimum atomic E-state index is 0.508. The molecule has 0 radical (unpaired) electrons. The molecule has 0 aromatic carbocycles. The van der Waals surface area contributed by atoms with E-state index in [1.807, 2.05) is 13.8 Å². The van der Waals surface area contributed by atoms with E-state index < -0.39 is 0 Å². The van der Waals surface area contributed by atoms with Crippen LogP contribution in [-0.4, -0.2) is 11.9 Å². The molecule has 0 fully saturated rings. The molecule has 0 rings (SSSR count). The van der Waals surface area contributed by atoms with Crippen LogP contribution in [0.3, 0.4) is 0 Å². The second-order valence-corrected chi connectivity index (χ2v) is 1.67. The minimum Gasteiger partial charge on any atom is -0.303 e. The standard InChI is InChI=1S/C7H12N2/c1-4-7(8)6(3)9-5-2/h5,8H,3-4H2,1-2H3. The molecule has 0 aliphatic carbocycles. The smallest absolute Gasteiger partial charge is 0.0761 e. The minimum absolute atomic E-state index is 0.508. The Balaban J connectivity index is 3.89. The summed E-state index contributed by atoms with van der Waals surface area (Å²) in [7, 11) is 0. The summed E-state index contributed by atoms with van der Waals surface area (Å²) in [5, 5.41) is 7.23. The molecular weight excluding hydrogens is 112 g/mol. The normalized spacial score (nSPS) is 10.0. The van der Waals surface area contributed by atoms with E-state index in [0.29, 0.717) is 17.8 Å². The summed E-state index contributed by atoms with van der Waals surface area (Å²) in [6.45, 7) is 7.32. The first kappa shape index (κ1) is 8.08. The van der Waals surface area contributed by atoms with E-state index >= 15 is 0 Å². The first-order valence-electron chi connectivity index (χ1n) is 2.97. The highest BCUT2D eigenvalue weighted by Crippen LogP contribution is 1.96. The van der Waals surface area contributed by atoms with Gasteiger partial charge >= 0.3 is 0 Å². The quantitative estimate of drug-likeness (QED) is 0.559. The maximum atomic E-state index is 7.23. The van der Waals surface area contributed by atoms with Crippen LogP contribution in [0.25, 0.3) is 0 Å². The molecule has 0 unspecified atom stereocenters. The van der Waals surface area contributed by atoms with Gasteiger partial charge in [-0.1, -0.05) is 13.5 Å². The van der Waals surface area contributed by atoms with Crippen molar-refractivity contribution in [3.63, 3.8) is 0 Å². The third kappa shape index (κ3) is 2.80. The number of aliphatic imine (C=N–C) groups is 1. The van der Waals surface area contributed by atoms with Gasteiger partial charge in [-0.05, 0) is 13.3 Å². The Morgan fingerprint density at radius 3 is 2.67 bits per heavy atom. The van der Waals surface area contributed by atoms with Crippen molar-refractivity contribution in [2.24, 2.45) is 4.99 Å². The van der Waals surface area contributed by atoms with Gasteiger partial charge in [0, 0.05) is 6.21 Å². The lowest BCUT2D eigenvalue weighted by Crippen LogP contribution is -1.94. The van der Waals surface area contributed by atoms with Crippen LogP contribution in [-0.2, 0) is 0 Å². The highest BCUT2D eigenvalue weighted by molar-refractivity contribution is 5.97. The van der Waals surface area contributed by atoms with E-state index in [9.17, 15) is 0 Å². The van der Waals surface area contributed by atoms with Crippen LogP contribution in [0.5, 0.6) is 0 Å². The highest BCUT2D eigenvalue weighted by Gasteiger charge is 1.93. The van der Waals surface area contributed by atoms with Gasteiger partial charge in [-0.3, -0.25) is 4.99 Å². The monoisotopic (exact) mass is 124 g/mol. The van der Waals surface area contributed by atoms with E-state index in [4.69, 9.17) is 5.41 Å². The van der Waals surface area contributed by atoms with Crippen LogP contribution in [0.15, 0.2) is 17.3 Å². The van der Waals surface area contributed by atoms with E-state index in [2.05, 4.69) is 11.6 Å². The highest BCUT2D eigenvalue weighted by atomic mass is 14.7. The number of nitrogens with one attached hydrogen (secondary N) is 1. The van der Waals surface area contributed by atoms with Gasteiger partial charge in [-0.25, -0.2) is 0 Å². The largest absolute Gasteiger partial charge is 0.303 e. The lowest BCUT2D eigenvalue weighted by Gasteiger charge is -1.95. The zero-order valence-corrected chi connectivity index (χ0v) is 5.94. The van der Waals surface area contributed by atoms with E-state index in [-0.39, 0.29) is 0 Å². The second kappa shape index (κ2) is 4.01. The Labute approximate surface area is 55.8 Å². The summed E-state index contributed by atoms with van der Waals surface area (Å²) in [5.74, 6) is 0. The molecule has 0 aromatic rings. The molecule has 0 amide bonds. The third-order valence-corrected chi connectivity index (χ3v) is 0.987. The van der Waals surface area contributed by atoms with Crippen molar-refractivity contribution in [1.82, 2.24) is 0 Å². The van der Waals surface area contributed by atoms with Crippen LogP contribution in [0.1, 0.15) is 20.3 Å². The van der Waals surface area contributed by atoms with Crippen molar-refractivity contribution < 1.29 is 0 Å². The van der Waals surface area contributed by atoms with Gasteiger partial charge in [0.05, 0.1) is 11.4 Å². The van der Waals surface area contributed by atoms with Crippen LogP contribution in [0.2, 0.25) is 0 Å². The number of hydrogen-bond acceptors (Lipinski definition) is 2. The van der Waals surface area contributed by atoms with Gasteiger partial charge < -0.3 is 5.41 Å². The molecule has 0 heterocycles. The van der Waals surface area contributed by atoms with E-state index in [1.54, 1.807) is 6.21 Å². The molecule has 0 aliphatic rings. The van der Waals surface area contributed by atoms with Gasteiger partial charge in [0.15, 0.2) is 0 Å². The summed E-state index contributed by atoms with van der Waals surface area (Å²) < 4.78 is 0. The number of hydrogen-bond donors (Lipinski definition) is 1. The lowest BCUT2D eigenvalue weighted by atomic mass is 10.2. The van der Waals surface area contributed by atoms with Crippen LogP contribution < -0.4 is 0 Å². The molecule has 0 aromatic heterocycles. The summed E-state index contributed by atoms with van der Waals surface area (Å²) in [6.07, 6.45) is 2.35. The van der Waals surface area contributed by atoms with Crippen molar-refractivity contribution in [3.05, 3.63) is 12.3 Å². The molecule has 0 saturated heterocycles. The van der Waals surface area contributed by atoms with E-state index in [1.165, 1.54) is 0 Å². The molecule has 0 bridgehead atoms. The maximum absolute atomic E-state index is 7.23. The third-order valence-electron chi connectivity index (χ3n) is 0.987. The molecule has 0 saturated carbocycles. The molecule has 0 atom stereocenters. The molecule has 50 valence electrons. The van der Waals surface area contributed by atoms with Gasteiger partial charge in [-0.2, -0.15) is 0 Å². The fourth-order valence-corrected chi connectivity index (χ4v) is 0.438. The van der Waals surface area contributed by atoms with Crippen LogP contribution in [0.4, 0.5) is 0 Å². The molecule has 2 nitrogen and oxygen atoms in total. The Kier molecular flexibility index (Phi) is 3.60. The number of rotatable bonds is 3. The van der Waals surface area contributed by atoms with Crippen molar-refractivity contribution in [2.45, 2.75) is 20.3 Å². The van der Waals surface area contributed by atoms with Gasteiger partial charge in [-0.15, -0.1) is 0 Å². The van der Waals surface area contributed by atoms with Crippen molar-refractivity contribution in [3.8, 4) is 0 Å². The van der Waals surface area contributed by atoms with Crippen molar-refractivity contribution >= 4 is 11.9 Å². The molecule has 0 aliphatic heterocycles. The van der Waals surface area contributed by atoms with Crippen LogP contribution in [0, 0.1) is 5.41 Å². The summed E-state index contributed by atoms with van der Waals surface area (Å²) in [4.78, 5) is 3.85. The fourth-order valence-electron chi connectivity index (χ4n) is 0.438. The average molecular weight is 124 g/mol. The summed E-state index contributed by atoms with van der Waals surface area (Å²) in [5.41, 5.74) is 1.08. The fraction of sp³-hybridized carbons (Fsp3) is 0.429. The Bertz CT molecular complexity index is 145. The Morgan fingerprint density at radius 1 is 1.78 bits per heavy atom. The van der Waals surface area contributed by atoms with Crippen molar-refractivity contribution in [1.29, 1.82) is 5.41 Å². The van der Waals surface area contributed by atoms with Gasteiger partial charge in [0.1, 0.15) is 0 Å². The molecular formula is C7H12N2. The SMILES string of the molecule is C=C(N=CC)C(=N)CC. The predicted molar refractivity (Wildman–Crippen MR) is 41.3 cm³/mol. The summed E-state index contributed by atoms with van der Waals surface area (Å²) in [6, 6.07) is 0. The molecule has 9 heavy (non-hydrogen) atoms. The van der Waals surface area contributed by atoms with Gasteiger partial charge in [0.2, 0.25) is 0 Å². The lowest BCUT2D eigenvalue weighted by molar-refractivity contribution is 1.22. The topological polar surface area (TPSA) is 36.2 Å². The van der Waals surface area contributed by atoms with Crippen LogP contribution >= 0.6 is 0 Å². The van der Waals surface area contributed by atoms with Crippen molar-refractivity contribution in [2.75, 3.05) is 0 Å². The maximum Gasteiger partial charge on any atom is 0.0761 e. The first-order valence-corrected chi connectivity index (χ1v) is 2.97. The molecule has 2 heteroatoms. The van der Waals surface area contributed by atoms with Gasteiger partial charge in [0.25, 0.3) is 0 Å². The predicted octanol–water partition coefficient (Wildman–Crippen LogP) is 2.02. The second-order valence-electron chi connectivity index (χ2n) is 1.67. The summed E-state index contributed by atoms with van der Waals surface area (Å²) >= 11 is 0. The average Bonchev–Trinajstić information content (AvgIpc) is 1.87. The Morgan fingerprint density at radius 2 is 2.33 bits per heavy atom. The Hall–Kier alpha value is -0.920. The first-order chi connectivity index (χ1) is 4.22. The van der Waals surface area contributed by atoms with E-state index in [0.717, 1.165) is 0 Å².